The van der Waals surface area contributed by atoms with Gasteiger partial charge in [0.05, 0.1) is 10.5 Å². The normalized spacial score (nSPS) is 11.1. The molecule has 0 bridgehead atoms. The SMILES string of the molecule is O=C(CCl)Nc1ccc(C(F)(F)F)cc1[N+](=O)[O-]. The Kier molecular flexibility index (Phi) is 4.12. The van der Waals surface area contributed by atoms with Gasteiger partial charge in [0, 0.05) is 6.07 Å². The maximum Gasteiger partial charge on any atom is 0.416 e. The van der Waals surface area contributed by atoms with Crippen molar-refractivity contribution >= 4 is 28.9 Å². The topological polar surface area (TPSA) is 72.2 Å². The number of halogens is 4. The second-order valence-corrected chi connectivity index (χ2v) is 3.44. The van der Waals surface area contributed by atoms with Crippen molar-refractivity contribution in [3.63, 3.8) is 0 Å². The van der Waals surface area contributed by atoms with E-state index in [-0.39, 0.29) is 5.69 Å². The summed E-state index contributed by atoms with van der Waals surface area (Å²) in [6.07, 6.45) is -4.69. The van der Waals surface area contributed by atoms with E-state index >= 15 is 0 Å². The van der Waals surface area contributed by atoms with E-state index in [0.29, 0.717) is 12.1 Å². The molecule has 0 saturated heterocycles. The predicted octanol–water partition coefficient (Wildman–Crippen LogP) is 2.79. The van der Waals surface area contributed by atoms with Crippen LogP contribution >= 0.6 is 11.6 Å². The molecule has 0 saturated carbocycles. The van der Waals surface area contributed by atoms with E-state index in [1.54, 1.807) is 0 Å². The summed E-state index contributed by atoms with van der Waals surface area (Å²) in [4.78, 5) is 20.6. The molecule has 0 radical (unpaired) electrons. The third-order valence-electron chi connectivity index (χ3n) is 1.92. The molecule has 5 nitrogen and oxygen atoms in total. The lowest BCUT2D eigenvalue weighted by molar-refractivity contribution is -0.384. The number of nitrogens with zero attached hydrogens (tertiary/aromatic N) is 1. The molecule has 0 heterocycles. The van der Waals surface area contributed by atoms with Crippen molar-refractivity contribution in [1.29, 1.82) is 0 Å². The first-order valence-corrected chi connectivity index (χ1v) is 5.00. The Bertz CT molecular complexity index is 490. The number of nitro groups is 1. The van der Waals surface area contributed by atoms with Gasteiger partial charge < -0.3 is 5.32 Å². The summed E-state index contributed by atoms with van der Waals surface area (Å²) in [5.74, 6) is -1.21. The molecular formula is C9H6ClF3N2O3. The van der Waals surface area contributed by atoms with E-state index in [9.17, 15) is 28.1 Å². The molecular weight excluding hydrogens is 277 g/mol. The fourth-order valence-electron chi connectivity index (χ4n) is 1.15. The van der Waals surface area contributed by atoms with Gasteiger partial charge in [-0.25, -0.2) is 0 Å². The maximum atomic E-state index is 12.4. The van der Waals surface area contributed by atoms with Crippen molar-refractivity contribution < 1.29 is 22.9 Å². The summed E-state index contributed by atoms with van der Waals surface area (Å²) in [5.41, 5.74) is -2.35. The van der Waals surface area contributed by atoms with Crippen LogP contribution in [0.25, 0.3) is 0 Å². The molecule has 1 rings (SSSR count). The van der Waals surface area contributed by atoms with Gasteiger partial charge in [-0.2, -0.15) is 13.2 Å². The number of carbonyl (C=O) groups is 1. The summed E-state index contributed by atoms with van der Waals surface area (Å²) in [6, 6.07) is 1.80. The minimum atomic E-state index is -4.69. The lowest BCUT2D eigenvalue weighted by Crippen LogP contribution is -2.14. The number of benzene rings is 1. The van der Waals surface area contributed by atoms with Crippen LogP contribution in [-0.4, -0.2) is 16.7 Å². The number of anilines is 1. The van der Waals surface area contributed by atoms with E-state index < -0.39 is 34.1 Å². The highest BCUT2D eigenvalue weighted by Gasteiger charge is 2.33. The summed E-state index contributed by atoms with van der Waals surface area (Å²) in [6.45, 7) is 0. The van der Waals surface area contributed by atoms with Crippen LogP contribution in [0.1, 0.15) is 5.56 Å². The fraction of sp³-hybridized carbons (Fsp3) is 0.222. The largest absolute Gasteiger partial charge is 0.416 e. The van der Waals surface area contributed by atoms with Crippen molar-refractivity contribution in [2.45, 2.75) is 6.18 Å². The van der Waals surface area contributed by atoms with E-state index in [1.165, 1.54) is 0 Å². The molecule has 9 heteroatoms. The summed E-state index contributed by atoms with van der Waals surface area (Å²) < 4.78 is 37.1. The monoisotopic (exact) mass is 282 g/mol. The molecule has 0 unspecified atom stereocenters. The molecule has 0 aliphatic carbocycles. The number of rotatable bonds is 3. The average Bonchev–Trinajstić information content (AvgIpc) is 2.27. The number of alkyl halides is 4. The maximum absolute atomic E-state index is 12.4. The van der Waals surface area contributed by atoms with Crippen molar-refractivity contribution in [2.75, 3.05) is 11.2 Å². The Hall–Kier alpha value is -1.83. The second kappa shape index (κ2) is 5.21. The van der Waals surface area contributed by atoms with Crippen LogP contribution < -0.4 is 5.32 Å². The number of carbonyl (C=O) groups excluding carboxylic acids is 1. The van der Waals surface area contributed by atoms with Crippen LogP contribution in [0.2, 0.25) is 0 Å². The van der Waals surface area contributed by atoms with Gasteiger partial charge in [0.15, 0.2) is 0 Å². The van der Waals surface area contributed by atoms with Crippen molar-refractivity contribution in [1.82, 2.24) is 0 Å². The molecule has 0 fully saturated rings. The van der Waals surface area contributed by atoms with Crippen molar-refractivity contribution in [3.8, 4) is 0 Å². The Morgan fingerprint density at radius 2 is 2.06 bits per heavy atom. The lowest BCUT2D eigenvalue weighted by Gasteiger charge is -2.09. The number of amides is 1. The fourth-order valence-corrected chi connectivity index (χ4v) is 1.22. The van der Waals surface area contributed by atoms with Crippen LogP contribution in [-0.2, 0) is 11.0 Å². The lowest BCUT2D eigenvalue weighted by atomic mass is 10.1. The number of hydrogen-bond acceptors (Lipinski definition) is 3. The Balaban J connectivity index is 3.21. The van der Waals surface area contributed by atoms with Gasteiger partial charge in [-0.1, -0.05) is 0 Å². The Morgan fingerprint density at radius 1 is 1.44 bits per heavy atom. The standard InChI is InChI=1S/C9H6ClF3N2O3/c10-4-8(16)14-6-2-1-5(9(11,12)13)3-7(6)15(17)18/h1-3H,4H2,(H,14,16). The Morgan fingerprint density at radius 3 is 2.50 bits per heavy atom. The van der Waals surface area contributed by atoms with Gasteiger partial charge >= 0.3 is 6.18 Å². The van der Waals surface area contributed by atoms with E-state index in [4.69, 9.17) is 11.6 Å². The van der Waals surface area contributed by atoms with Crippen molar-refractivity contribution in [3.05, 3.63) is 33.9 Å². The summed E-state index contributed by atoms with van der Waals surface area (Å²) >= 11 is 5.18. The first-order chi connectivity index (χ1) is 8.25. The van der Waals surface area contributed by atoms with Gasteiger partial charge in [-0.3, -0.25) is 14.9 Å². The molecule has 1 N–H and O–H groups in total. The molecule has 0 spiro atoms. The average molecular weight is 283 g/mol. The molecule has 0 aliphatic heterocycles. The summed E-state index contributed by atoms with van der Waals surface area (Å²) in [5, 5.41) is 12.7. The molecule has 18 heavy (non-hydrogen) atoms. The molecule has 0 aromatic heterocycles. The molecule has 0 aliphatic rings. The van der Waals surface area contributed by atoms with Crippen molar-refractivity contribution in [2.24, 2.45) is 0 Å². The molecule has 1 aromatic rings. The number of nitrogens with one attached hydrogen (secondary N) is 1. The summed E-state index contributed by atoms with van der Waals surface area (Å²) in [7, 11) is 0. The second-order valence-electron chi connectivity index (χ2n) is 3.17. The highest BCUT2D eigenvalue weighted by atomic mass is 35.5. The molecule has 1 amide bonds. The van der Waals surface area contributed by atoms with Gasteiger partial charge in [-0.15, -0.1) is 11.6 Å². The third kappa shape index (κ3) is 3.33. The minimum Gasteiger partial charge on any atom is -0.319 e. The smallest absolute Gasteiger partial charge is 0.319 e. The molecule has 1 aromatic carbocycles. The van der Waals surface area contributed by atoms with Crippen LogP contribution in [0.3, 0.4) is 0 Å². The van der Waals surface area contributed by atoms with Gasteiger partial charge in [0.2, 0.25) is 5.91 Å². The van der Waals surface area contributed by atoms with Crippen LogP contribution in [0, 0.1) is 10.1 Å². The van der Waals surface area contributed by atoms with Crippen LogP contribution in [0.15, 0.2) is 18.2 Å². The predicted molar refractivity (Wildman–Crippen MR) is 57.4 cm³/mol. The highest BCUT2D eigenvalue weighted by molar-refractivity contribution is 6.29. The Labute approximate surface area is 104 Å². The highest BCUT2D eigenvalue weighted by Crippen LogP contribution is 2.34. The van der Waals surface area contributed by atoms with E-state index in [2.05, 4.69) is 0 Å². The van der Waals surface area contributed by atoms with Crippen LogP contribution in [0.4, 0.5) is 24.5 Å². The van der Waals surface area contributed by atoms with E-state index in [0.717, 1.165) is 6.07 Å². The zero-order chi connectivity index (χ0) is 13.9. The van der Waals surface area contributed by atoms with Crippen LogP contribution in [0.5, 0.6) is 0 Å². The first kappa shape index (κ1) is 14.2. The zero-order valence-electron chi connectivity index (χ0n) is 8.62. The number of nitro benzene ring substituents is 1. The van der Waals surface area contributed by atoms with Gasteiger partial charge in [-0.05, 0) is 12.1 Å². The zero-order valence-corrected chi connectivity index (χ0v) is 9.38. The van der Waals surface area contributed by atoms with Gasteiger partial charge in [0.25, 0.3) is 5.69 Å². The molecule has 98 valence electrons. The molecule has 0 atom stereocenters. The number of hydrogen-bond donors (Lipinski definition) is 1. The van der Waals surface area contributed by atoms with E-state index in [1.807, 2.05) is 5.32 Å². The van der Waals surface area contributed by atoms with Gasteiger partial charge in [0.1, 0.15) is 11.6 Å². The first-order valence-electron chi connectivity index (χ1n) is 4.47. The minimum absolute atomic E-state index is 0.335. The quantitative estimate of drug-likeness (QED) is 0.526. The third-order valence-corrected chi connectivity index (χ3v) is 2.16.